The summed E-state index contributed by atoms with van der Waals surface area (Å²) in [5.41, 5.74) is 0.666. The average Bonchev–Trinajstić information content (AvgIpc) is 3.38. The number of ether oxygens (including phenoxy) is 3. The number of hydrogen-bond donors (Lipinski definition) is 0. The van der Waals surface area contributed by atoms with Gasteiger partial charge in [0.25, 0.3) is 0 Å². The van der Waals surface area contributed by atoms with Crippen LogP contribution in [0.1, 0.15) is 12.5 Å². The summed E-state index contributed by atoms with van der Waals surface area (Å²) in [6.07, 6.45) is 3.44. The van der Waals surface area contributed by atoms with Gasteiger partial charge in [-0.15, -0.1) is 0 Å². The molecule has 6 heteroatoms. The Bertz CT molecular complexity index is 784. The van der Waals surface area contributed by atoms with Gasteiger partial charge >= 0.3 is 0 Å². The van der Waals surface area contributed by atoms with Crippen molar-refractivity contribution in [1.29, 1.82) is 0 Å². The van der Waals surface area contributed by atoms with Gasteiger partial charge in [0.05, 0.1) is 36.8 Å². The van der Waals surface area contributed by atoms with Gasteiger partial charge in [0.1, 0.15) is 0 Å². The van der Waals surface area contributed by atoms with Crippen LogP contribution in [0.15, 0.2) is 36.4 Å². The van der Waals surface area contributed by atoms with Crippen LogP contribution in [0.4, 0.5) is 5.69 Å². The predicted molar refractivity (Wildman–Crippen MR) is 87.7 cm³/mol. The van der Waals surface area contributed by atoms with Gasteiger partial charge in [-0.25, -0.2) is 4.90 Å². The average molecular weight is 341 g/mol. The van der Waals surface area contributed by atoms with E-state index in [9.17, 15) is 9.59 Å². The van der Waals surface area contributed by atoms with Crippen LogP contribution in [0.3, 0.4) is 0 Å². The second-order valence-electron chi connectivity index (χ2n) is 6.87. The maximum Gasteiger partial charge on any atom is 0.241 e. The van der Waals surface area contributed by atoms with Gasteiger partial charge in [-0.1, -0.05) is 31.2 Å². The first kappa shape index (κ1) is 15.3. The second-order valence-corrected chi connectivity index (χ2v) is 6.87. The number of carbonyl (C=O) groups is 2. The van der Waals surface area contributed by atoms with Crippen LogP contribution in [0.25, 0.3) is 0 Å². The number of amides is 2. The molecular formula is C19H19NO5. The molecule has 4 aliphatic heterocycles. The smallest absolute Gasteiger partial charge is 0.241 e. The summed E-state index contributed by atoms with van der Waals surface area (Å²) < 4.78 is 17.4. The number of carbonyl (C=O) groups excluding carboxylic acids is 2. The zero-order chi connectivity index (χ0) is 17.2. The summed E-state index contributed by atoms with van der Waals surface area (Å²) in [7, 11) is 0. The summed E-state index contributed by atoms with van der Waals surface area (Å²) in [5, 5.41) is 0. The van der Waals surface area contributed by atoms with Gasteiger partial charge in [0.2, 0.25) is 11.8 Å². The Hall–Kier alpha value is -2.02. The van der Waals surface area contributed by atoms with Gasteiger partial charge in [0.15, 0.2) is 11.9 Å². The molecule has 0 aromatic heterocycles. The molecule has 0 saturated carbocycles. The van der Waals surface area contributed by atoms with Gasteiger partial charge in [-0.2, -0.15) is 0 Å². The van der Waals surface area contributed by atoms with E-state index in [2.05, 4.69) is 0 Å². The molecule has 4 aliphatic rings. The molecular weight excluding hydrogens is 322 g/mol. The molecule has 3 fully saturated rings. The molecule has 4 atom stereocenters. The van der Waals surface area contributed by atoms with Crippen molar-refractivity contribution in [1.82, 2.24) is 0 Å². The number of hydrogen-bond acceptors (Lipinski definition) is 5. The van der Waals surface area contributed by atoms with Crippen molar-refractivity contribution in [2.45, 2.75) is 31.3 Å². The Kier molecular flexibility index (Phi) is 3.20. The van der Waals surface area contributed by atoms with Gasteiger partial charge in [0, 0.05) is 0 Å². The normalized spacial score (nSPS) is 36.7. The molecule has 0 unspecified atom stereocenters. The molecule has 0 N–H and O–H groups in total. The third-order valence-electron chi connectivity index (χ3n) is 5.68. The summed E-state index contributed by atoms with van der Waals surface area (Å²) in [6, 6.07) is 7.56. The van der Waals surface area contributed by atoms with Crippen molar-refractivity contribution in [2.24, 2.45) is 11.8 Å². The minimum atomic E-state index is -0.992. The number of rotatable bonds is 3. The monoisotopic (exact) mass is 341 g/mol. The van der Waals surface area contributed by atoms with Crippen LogP contribution in [-0.2, 0) is 30.2 Å². The SMILES string of the molecule is CCc1ccccc1N1C(=O)[C@H]2[C@H]3C=C[C@@](C4OCCO4)(O3)[C@H]2C1=O. The molecule has 1 aromatic rings. The van der Waals surface area contributed by atoms with E-state index < -0.39 is 29.8 Å². The zero-order valence-electron chi connectivity index (χ0n) is 13.9. The Morgan fingerprint density at radius 1 is 1.16 bits per heavy atom. The lowest BCUT2D eigenvalue weighted by Gasteiger charge is -2.32. The number of aryl methyl sites for hydroxylation is 1. The number of imide groups is 1. The Balaban J connectivity index is 1.58. The lowest BCUT2D eigenvalue weighted by atomic mass is 9.76. The Labute approximate surface area is 145 Å². The van der Waals surface area contributed by atoms with Gasteiger partial charge < -0.3 is 14.2 Å². The molecule has 2 amide bonds. The number of nitrogens with zero attached hydrogens (tertiary/aromatic N) is 1. The number of para-hydroxylation sites is 1. The van der Waals surface area contributed by atoms with Gasteiger partial charge in [-0.05, 0) is 24.1 Å². The molecule has 4 heterocycles. The molecule has 3 saturated heterocycles. The molecule has 2 bridgehead atoms. The molecule has 0 radical (unpaired) electrons. The van der Waals surface area contributed by atoms with E-state index in [1.807, 2.05) is 43.3 Å². The van der Waals surface area contributed by atoms with E-state index >= 15 is 0 Å². The van der Waals surface area contributed by atoms with E-state index in [1.54, 1.807) is 0 Å². The first-order valence-corrected chi connectivity index (χ1v) is 8.73. The number of benzene rings is 1. The van der Waals surface area contributed by atoms with Crippen molar-refractivity contribution in [3.63, 3.8) is 0 Å². The highest BCUT2D eigenvalue weighted by Crippen LogP contribution is 2.55. The second kappa shape index (κ2) is 5.24. The third kappa shape index (κ3) is 1.84. The summed E-state index contributed by atoms with van der Waals surface area (Å²) in [4.78, 5) is 27.8. The van der Waals surface area contributed by atoms with Crippen LogP contribution < -0.4 is 4.90 Å². The van der Waals surface area contributed by atoms with E-state index in [0.29, 0.717) is 18.9 Å². The van der Waals surface area contributed by atoms with Crippen LogP contribution in [0, 0.1) is 11.8 Å². The highest BCUT2D eigenvalue weighted by atomic mass is 16.7. The third-order valence-corrected chi connectivity index (χ3v) is 5.68. The van der Waals surface area contributed by atoms with Crippen molar-refractivity contribution in [3.05, 3.63) is 42.0 Å². The van der Waals surface area contributed by atoms with Crippen LogP contribution in [0.2, 0.25) is 0 Å². The predicted octanol–water partition coefficient (Wildman–Crippen LogP) is 1.43. The Morgan fingerprint density at radius 2 is 1.92 bits per heavy atom. The fourth-order valence-corrected chi connectivity index (χ4v) is 4.59. The first-order valence-electron chi connectivity index (χ1n) is 8.73. The van der Waals surface area contributed by atoms with E-state index in [4.69, 9.17) is 14.2 Å². The minimum absolute atomic E-state index is 0.190. The first-order chi connectivity index (χ1) is 12.2. The fraction of sp³-hybridized carbons (Fsp3) is 0.474. The fourth-order valence-electron chi connectivity index (χ4n) is 4.59. The van der Waals surface area contributed by atoms with Crippen LogP contribution in [0.5, 0.6) is 0 Å². The molecule has 25 heavy (non-hydrogen) atoms. The summed E-state index contributed by atoms with van der Waals surface area (Å²) in [5.74, 6) is -1.51. The lowest BCUT2D eigenvalue weighted by Crippen LogP contribution is -2.49. The van der Waals surface area contributed by atoms with Gasteiger partial charge in [-0.3, -0.25) is 9.59 Å². The van der Waals surface area contributed by atoms with Crippen LogP contribution >= 0.6 is 0 Å². The summed E-state index contributed by atoms with van der Waals surface area (Å²) >= 11 is 0. The molecule has 0 aliphatic carbocycles. The molecule has 0 spiro atoms. The Morgan fingerprint density at radius 3 is 2.68 bits per heavy atom. The van der Waals surface area contributed by atoms with Crippen LogP contribution in [-0.4, -0.2) is 43.0 Å². The molecule has 5 rings (SSSR count). The van der Waals surface area contributed by atoms with E-state index in [1.165, 1.54) is 4.90 Å². The molecule has 6 nitrogen and oxygen atoms in total. The molecule has 130 valence electrons. The minimum Gasteiger partial charge on any atom is -0.357 e. The lowest BCUT2D eigenvalue weighted by molar-refractivity contribution is -0.180. The topological polar surface area (TPSA) is 65.1 Å². The maximum atomic E-state index is 13.3. The highest BCUT2D eigenvalue weighted by molar-refractivity contribution is 6.23. The number of fused-ring (bicyclic) bond motifs is 5. The van der Waals surface area contributed by atoms with Crippen molar-refractivity contribution >= 4 is 17.5 Å². The van der Waals surface area contributed by atoms with E-state index in [0.717, 1.165) is 12.0 Å². The number of anilines is 1. The van der Waals surface area contributed by atoms with E-state index in [-0.39, 0.29) is 11.8 Å². The van der Waals surface area contributed by atoms with Crippen molar-refractivity contribution in [2.75, 3.05) is 18.1 Å². The quantitative estimate of drug-likeness (QED) is 0.615. The standard InChI is InChI=1S/C19H19NO5/c1-2-11-5-3-4-6-12(11)20-16(21)14-13-7-8-19(25-13,15(14)17(20)22)18-23-9-10-24-18/h3-8,13-15,18H,2,9-10H2,1H3/t13-,14+,15-,19-/m1/s1. The molecule has 1 aromatic carbocycles. The zero-order valence-corrected chi connectivity index (χ0v) is 13.9. The maximum absolute atomic E-state index is 13.3. The largest absolute Gasteiger partial charge is 0.357 e. The summed E-state index contributed by atoms with van der Waals surface area (Å²) in [6.45, 7) is 2.95. The van der Waals surface area contributed by atoms with Crippen molar-refractivity contribution < 1.29 is 23.8 Å². The highest BCUT2D eigenvalue weighted by Gasteiger charge is 2.71. The van der Waals surface area contributed by atoms with Crippen molar-refractivity contribution in [3.8, 4) is 0 Å².